The van der Waals surface area contributed by atoms with Crippen molar-refractivity contribution in [3.63, 3.8) is 0 Å². The number of aromatic nitrogens is 6. The maximum atomic E-state index is 14.8. The van der Waals surface area contributed by atoms with Gasteiger partial charge in [-0.05, 0) is 61.8 Å². The number of fused-ring (bicyclic) bond motifs is 1. The van der Waals surface area contributed by atoms with Gasteiger partial charge in [0.25, 0.3) is 11.5 Å². The van der Waals surface area contributed by atoms with Crippen LogP contribution in [0.25, 0.3) is 5.57 Å². The minimum Gasteiger partial charge on any atom is -0.504 e. The zero-order valence-corrected chi connectivity index (χ0v) is 32.7. The number of aromatic hydroxyl groups is 1. The molecule has 0 bridgehead atoms. The summed E-state index contributed by atoms with van der Waals surface area (Å²) in [6.45, 7) is 14.3. The first kappa shape index (κ1) is 42.2. The normalized spacial score (nSPS) is 18.5. The fraction of sp³-hybridized carbons (Fsp3) is 0.541. The highest BCUT2D eigenvalue weighted by Gasteiger charge is 2.43. The first-order chi connectivity index (χ1) is 25.6. The molecule has 0 fully saturated rings. The van der Waals surface area contributed by atoms with E-state index in [0.717, 1.165) is 28.5 Å². The number of benzene rings is 1. The first-order valence-corrected chi connectivity index (χ1v) is 18.6. The fourth-order valence-corrected chi connectivity index (χ4v) is 7.28. The number of rotatable bonds is 10. The van der Waals surface area contributed by atoms with Crippen molar-refractivity contribution < 1.29 is 32.6 Å². The number of aryl methyl sites for hydroxylation is 2. The molecule has 2 amide bonds. The Kier molecular flexibility index (Phi) is 13.8. The lowest BCUT2D eigenvalue weighted by molar-refractivity contribution is -0.137. The second kappa shape index (κ2) is 17.7. The number of carbonyl (C=O) groups excluding carboxylic acids is 2. The summed E-state index contributed by atoms with van der Waals surface area (Å²) in [6.07, 6.45) is -1.67. The third kappa shape index (κ3) is 8.86. The zero-order valence-electron chi connectivity index (χ0n) is 31.9. The van der Waals surface area contributed by atoms with E-state index in [-0.39, 0.29) is 52.4 Å². The van der Waals surface area contributed by atoms with Crippen molar-refractivity contribution in [2.24, 2.45) is 18.9 Å². The number of nitrogens with zero attached hydrogens (tertiary/aromatic N) is 5. The molecule has 0 radical (unpaired) electrons. The summed E-state index contributed by atoms with van der Waals surface area (Å²) >= 11 is 6.13. The Balaban J connectivity index is 0.00000319. The number of anilines is 1. The highest BCUT2D eigenvalue weighted by molar-refractivity contribution is 6.33. The minimum atomic E-state index is -4.62. The molecule has 1 aromatic carbocycles. The van der Waals surface area contributed by atoms with E-state index in [9.17, 15) is 32.7 Å². The number of ether oxygens (including phenoxy) is 1. The molecule has 296 valence electrons. The maximum Gasteiger partial charge on any atom is 0.416 e. The summed E-state index contributed by atoms with van der Waals surface area (Å²) in [5, 5.41) is 27.4. The Labute approximate surface area is 317 Å². The van der Waals surface area contributed by atoms with Crippen LogP contribution in [-0.2, 0) is 29.3 Å². The number of alkyl halides is 3. The van der Waals surface area contributed by atoms with Crippen LogP contribution in [0.15, 0.2) is 29.1 Å². The number of hydrogen-bond donors (Lipinski definition) is 4. The first-order valence-electron chi connectivity index (χ1n) is 18.2. The summed E-state index contributed by atoms with van der Waals surface area (Å²) in [6, 6.07) is 2.59. The SMILES string of the molecule is CC.CC[C@@H](CN(CC)C(=O)c1[nH]nc(C)c1O)C1c2c([nH]n(C)c(C3=CCOCC3)nn(CC(=O)Nc3ccc(C(F)(F)F)cc3Cl)c2=O)C(C)C1C. The predicted octanol–water partition coefficient (Wildman–Crippen LogP) is 6.94. The zero-order chi connectivity index (χ0) is 40.1. The molecule has 17 heteroatoms. The van der Waals surface area contributed by atoms with E-state index in [0.29, 0.717) is 55.4 Å². The molecule has 3 unspecified atom stereocenters. The second-order valence-electron chi connectivity index (χ2n) is 13.3. The van der Waals surface area contributed by atoms with E-state index in [1.165, 1.54) is 0 Å². The molecular weight excluding hydrogens is 729 g/mol. The molecule has 1 aliphatic carbocycles. The van der Waals surface area contributed by atoms with Crippen LogP contribution in [0.2, 0.25) is 5.02 Å². The molecular formula is C37H50ClF3N8O5. The Morgan fingerprint density at radius 3 is 2.48 bits per heavy atom. The van der Waals surface area contributed by atoms with Gasteiger partial charge >= 0.3 is 6.18 Å². The van der Waals surface area contributed by atoms with Crippen molar-refractivity contribution in [3.05, 3.63) is 73.7 Å². The van der Waals surface area contributed by atoms with Gasteiger partial charge in [0.15, 0.2) is 17.3 Å². The number of aromatic amines is 2. The molecule has 2 aromatic heterocycles. The largest absolute Gasteiger partial charge is 0.504 e. The van der Waals surface area contributed by atoms with Crippen LogP contribution >= 0.6 is 11.6 Å². The van der Waals surface area contributed by atoms with Gasteiger partial charge in [-0.1, -0.05) is 58.7 Å². The Morgan fingerprint density at radius 2 is 1.93 bits per heavy atom. The van der Waals surface area contributed by atoms with E-state index >= 15 is 0 Å². The summed E-state index contributed by atoms with van der Waals surface area (Å²) in [4.78, 5) is 43.5. The van der Waals surface area contributed by atoms with E-state index in [2.05, 4.69) is 20.6 Å². The smallest absolute Gasteiger partial charge is 0.416 e. The lowest BCUT2D eigenvalue weighted by atomic mass is 9.78. The van der Waals surface area contributed by atoms with E-state index < -0.39 is 35.7 Å². The number of carbonyl (C=O) groups is 2. The molecule has 0 saturated heterocycles. The summed E-state index contributed by atoms with van der Waals surface area (Å²) in [5.41, 5.74) is 0.629. The number of H-pyrrole nitrogens is 2. The lowest BCUT2D eigenvalue weighted by Crippen LogP contribution is -2.39. The highest BCUT2D eigenvalue weighted by atomic mass is 35.5. The quantitative estimate of drug-likeness (QED) is 0.173. The molecule has 3 heterocycles. The summed E-state index contributed by atoms with van der Waals surface area (Å²) in [5.74, 6) is -1.79. The van der Waals surface area contributed by atoms with E-state index in [4.69, 9.17) is 21.4 Å². The molecule has 13 nitrogen and oxygen atoms in total. The topological polar surface area (TPSA) is 163 Å². The number of nitrogens with one attached hydrogen (secondary N) is 3. The Morgan fingerprint density at radius 1 is 1.22 bits per heavy atom. The van der Waals surface area contributed by atoms with Crippen LogP contribution < -0.4 is 10.9 Å². The van der Waals surface area contributed by atoms with Gasteiger partial charge in [0.2, 0.25) is 5.91 Å². The summed E-state index contributed by atoms with van der Waals surface area (Å²) < 4.78 is 48.0. The van der Waals surface area contributed by atoms with Gasteiger partial charge in [0.1, 0.15) is 12.2 Å². The van der Waals surface area contributed by atoms with Crippen LogP contribution in [0.5, 0.6) is 5.75 Å². The minimum absolute atomic E-state index is 0.0121. The molecule has 0 saturated carbocycles. The molecule has 2 aliphatic rings. The standard InChI is InChI=1S/C35H44ClF3N8O5.C2H6/c1-7-21(16-46(8-2)34(51)30-31(49)20(5)41-42-30)27-18(3)19(4)29-28(27)33(50)47(44-32(45(6)43-29)22-11-13-52-14-12-22)17-26(48)40-25-10-9-23(15-24(25)36)35(37,38)39;1-2/h9-11,15,18-19,21,27,43,49H,7-8,12-14,16-17H2,1-6H3,(H,40,48)(H,41,42);1-2H3/t18?,19?,21-,27?;/m0./s1. The molecule has 0 spiro atoms. The van der Waals surface area contributed by atoms with Gasteiger partial charge in [-0.15, -0.1) is 5.10 Å². The molecule has 4 N–H and O–H groups in total. The molecule has 4 atom stereocenters. The molecule has 1 aliphatic heterocycles. The van der Waals surface area contributed by atoms with Gasteiger partial charge in [-0.2, -0.15) is 18.3 Å². The van der Waals surface area contributed by atoms with Crippen LogP contribution in [0.4, 0.5) is 18.9 Å². The van der Waals surface area contributed by atoms with Crippen molar-refractivity contribution in [2.45, 2.75) is 85.9 Å². The van der Waals surface area contributed by atoms with Crippen molar-refractivity contribution in [2.75, 3.05) is 31.6 Å². The molecule has 5 rings (SSSR count). The van der Waals surface area contributed by atoms with Crippen molar-refractivity contribution >= 4 is 34.7 Å². The third-order valence-corrected chi connectivity index (χ3v) is 10.4. The monoisotopic (exact) mass is 778 g/mol. The average Bonchev–Trinajstić information content (AvgIpc) is 3.60. The van der Waals surface area contributed by atoms with Gasteiger partial charge in [-0.25, -0.2) is 4.68 Å². The van der Waals surface area contributed by atoms with Crippen LogP contribution in [-0.4, -0.2) is 77.9 Å². The fourth-order valence-electron chi connectivity index (χ4n) is 7.05. The van der Waals surface area contributed by atoms with Gasteiger partial charge in [0, 0.05) is 37.3 Å². The van der Waals surface area contributed by atoms with Crippen molar-refractivity contribution in [3.8, 4) is 5.75 Å². The van der Waals surface area contributed by atoms with Crippen molar-refractivity contribution in [1.29, 1.82) is 0 Å². The third-order valence-electron chi connectivity index (χ3n) is 10.1. The van der Waals surface area contributed by atoms with Crippen LogP contribution in [0, 0.1) is 18.8 Å². The number of hydrogen-bond acceptors (Lipinski definition) is 7. The van der Waals surface area contributed by atoms with Crippen LogP contribution in [0.1, 0.15) is 105 Å². The van der Waals surface area contributed by atoms with E-state index in [1.807, 2.05) is 47.6 Å². The predicted molar refractivity (Wildman–Crippen MR) is 200 cm³/mol. The number of amides is 2. The molecule has 54 heavy (non-hydrogen) atoms. The van der Waals surface area contributed by atoms with E-state index in [1.54, 1.807) is 23.6 Å². The maximum absolute atomic E-state index is 14.8. The Hall–Kier alpha value is -4.57. The highest BCUT2D eigenvalue weighted by Crippen LogP contribution is 2.48. The summed E-state index contributed by atoms with van der Waals surface area (Å²) in [7, 11) is 1.77. The van der Waals surface area contributed by atoms with Crippen molar-refractivity contribution in [1.82, 2.24) is 34.7 Å². The van der Waals surface area contributed by atoms with Gasteiger partial charge in [-0.3, -0.25) is 24.2 Å². The average molecular weight is 779 g/mol. The van der Waals surface area contributed by atoms with Gasteiger partial charge < -0.3 is 25.2 Å². The van der Waals surface area contributed by atoms with Gasteiger partial charge in [0.05, 0.1) is 29.5 Å². The lowest BCUT2D eigenvalue weighted by Gasteiger charge is -2.32. The second-order valence-corrected chi connectivity index (χ2v) is 13.7. The van der Waals surface area contributed by atoms with Crippen LogP contribution in [0.3, 0.4) is 0 Å². The number of halogens is 4. The Bertz CT molecular complexity index is 1980. The molecule has 3 aromatic rings.